The molecule has 0 bridgehead atoms. The van der Waals surface area contributed by atoms with Gasteiger partial charge in [-0.15, -0.1) is 0 Å². The number of sulfonamides is 1. The summed E-state index contributed by atoms with van der Waals surface area (Å²) in [5, 5.41) is 13.7. The number of amides is 1. The van der Waals surface area contributed by atoms with Crippen molar-refractivity contribution in [1.82, 2.24) is 10.0 Å². The van der Waals surface area contributed by atoms with Gasteiger partial charge in [-0.05, 0) is 43.3 Å². The van der Waals surface area contributed by atoms with E-state index in [1.807, 2.05) is 0 Å². The van der Waals surface area contributed by atoms with Crippen LogP contribution in [0.25, 0.3) is 0 Å². The first-order valence-electron chi connectivity index (χ1n) is 8.13. The molecule has 0 radical (unpaired) electrons. The summed E-state index contributed by atoms with van der Waals surface area (Å²) in [6.45, 7) is 1.54. The molecule has 2 aromatic rings. The minimum Gasteiger partial charge on any atom is -0.481 e. The van der Waals surface area contributed by atoms with E-state index < -0.39 is 27.0 Å². The Morgan fingerprint density at radius 1 is 1.14 bits per heavy atom. The number of carbonyl (C=O) groups is 1. The molecule has 9 nitrogen and oxygen atoms in total. The van der Waals surface area contributed by atoms with Gasteiger partial charge in [0.1, 0.15) is 5.75 Å². The summed E-state index contributed by atoms with van der Waals surface area (Å²) in [6, 6.07) is 11.0. The van der Waals surface area contributed by atoms with Gasteiger partial charge >= 0.3 is 0 Å². The molecule has 0 aliphatic rings. The smallest absolute Gasteiger partial charge is 0.269 e. The topological polar surface area (TPSA) is 128 Å². The Bertz CT molecular complexity index is 932. The highest BCUT2D eigenvalue weighted by atomic mass is 35.5. The van der Waals surface area contributed by atoms with Gasteiger partial charge in [-0.2, -0.15) is 0 Å². The Labute approximate surface area is 166 Å². The Morgan fingerprint density at radius 2 is 1.75 bits per heavy atom. The number of non-ortho nitro benzene ring substituents is 1. The molecule has 2 rings (SSSR count). The highest BCUT2D eigenvalue weighted by Gasteiger charge is 2.17. The van der Waals surface area contributed by atoms with Crippen LogP contribution in [0.4, 0.5) is 5.69 Å². The summed E-state index contributed by atoms with van der Waals surface area (Å²) in [6.07, 6.45) is -0.785. The van der Waals surface area contributed by atoms with Crippen molar-refractivity contribution in [2.75, 3.05) is 13.1 Å². The molecule has 0 spiro atoms. The van der Waals surface area contributed by atoms with Crippen molar-refractivity contribution in [3.63, 3.8) is 0 Å². The molecule has 11 heteroatoms. The van der Waals surface area contributed by atoms with Crippen LogP contribution in [0.1, 0.15) is 6.92 Å². The van der Waals surface area contributed by atoms with E-state index in [-0.39, 0.29) is 23.7 Å². The SMILES string of the molecule is CC(Oc1ccc(Cl)cc1)C(=O)NCCNS(=O)(=O)c1ccc([N+](=O)[O-])cc1. The number of nitro groups is 1. The van der Waals surface area contributed by atoms with Gasteiger partial charge in [-0.1, -0.05) is 11.6 Å². The summed E-state index contributed by atoms with van der Waals surface area (Å²) in [7, 11) is -3.84. The standard InChI is InChI=1S/C17H18ClN3O6S/c1-12(27-15-6-2-13(18)3-7-15)17(22)19-10-11-20-28(25,26)16-8-4-14(5-9-16)21(23)24/h2-9,12,20H,10-11H2,1H3,(H,19,22). The van der Waals surface area contributed by atoms with Gasteiger partial charge in [0.15, 0.2) is 6.10 Å². The third kappa shape index (κ3) is 6.19. The van der Waals surface area contributed by atoms with Gasteiger partial charge in [0.25, 0.3) is 11.6 Å². The van der Waals surface area contributed by atoms with Crippen LogP contribution in [0.2, 0.25) is 5.02 Å². The second-order valence-corrected chi connectivity index (χ2v) is 7.86. The van der Waals surface area contributed by atoms with Gasteiger partial charge in [-0.3, -0.25) is 14.9 Å². The van der Waals surface area contributed by atoms with Gasteiger partial charge in [-0.25, -0.2) is 13.1 Å². The predicted octanol–water partition coefficient (Wildman–Crippen LogP) is 2.11. The molecule has 150 valence electrons. The summed E-state index contributed by atoms with van der Waals surface area (Å²) < 4.78 is 32.0. The lowest BCUT2D eigenvalue weighted by molar-refractivity contribution is -0.384. The zero-order chi connectivity index (χ0) is 20.7. The van der Waals surface area contributed by atoms with E-state index in [9.17, 15) is 23.3 Å². The van der Waals surface area contributed by atoms with Crippen LogP contribution in [-0.4, -0.2) is 38.4 Å². The van der Waals surface area contributed by atoms with Crippen LogP contribution in [0.5, 0.6) is 5.75 Å². The van der Waals surface area contributed by atoms with Gasteiger partial charge < -0.3 is 10.1 Å². The molecule has 28 heavy (non-hydrogen) atoms. The molecule has 2 aromatic carbocycles. The molecule has 0 heterocycles. The van der Waals surface area contributed by atoms with Crippen molar-refractivity contribution in [1.29, 1.82) is 0 Å². The number of nitrogens with zero attached hydrogens (tertiary/aromatic N) is 1. The molecule has 0 saturated heterocycles. The lowest BCUT2D eigenvalue weighted by Crippen LogP contribution is -2.40. The minimum atomic E-state index is -3.84. The van der Waals surface area contributed by atoms with E-state index in [1.165, 1.54) is 0 Å². The van der Waals surface area contributed by atoms with E-state index in [1.54, 1.807) is 31.2 Å². The Morgan fingerprint density at radius 3 is 2.32 bits per heavy atom. The van der Waals surface area contributed by atoms with E-state index >= 15 is 0 Å². The molecule has 2 N–H and O–H groups in total. The maximum atomic E-state index is 12.1. The first-order chi connectivity index (χ1) is 13.2. The van der Waals surface area contributed by atoms with E-state index in [0.29, 0.717) is 10.8 Å². The van der Waals surface area contributed by atoms with E-state index in [4.69, 9.17) is 16.3 Å². The van der Waals surface area contributed by atoms with Crippen molar-refractivity contribution in [2.24, 2.45) is 0 Å². The number of ether oxygens (including phenoxy) is 1. The fourth-order valence-electron chi connectivity index (χ4n) is 2.12. The number of carbonyl (C=O) groups excluding carboxylic acids is 1. The van der Waals surface area contributed by atoms with Crippen molar-refractivity contribution < 1.29 is 22.9 Å². The van der Waals surface area contributed by atoms with Gasteiger partial charge in [0.2, 0.25) is 10.0 Å². The van der Waals surface area contributed by atoms with Crippen molar-refractivity contribution in [2.45, 2.75) is 17.9 Å². The second-order valence-electron chi connectivity index (χ2n) is 5.65. The molecule has 0 aliphatic heterocycles. The zero-order valence-corrected chi connectivity index (χ0v) is 16.4. The zero-order valence-electron chi connectivity index (χ0n) is 14.8. The number of rotatable bonds is 9. The van der Waals surface area contributed by atoms with Gasteiger partial charge in [0, 0.05) is 30.2 Å². The average Bonchev–Trinajstić information content (AvgIpc) is 2.67. The summed E-state index contributed by atoms with van der Waals surface area (Å²) >= 11 is 5.78. The lowest BCUT2D eigenvalue weighted by atomic mass is 10.3. The molecular weight excluding hydrogens is 410 g/mol. The fraction of sp³-hybridized carbons (Fsp3) is 0.235. The van der Waals surface area contributed by atoms with Crippen LogP contribution in [0.15, 0.2) is 53.4 Å². The summed E-state index contributed by atoms with van der Waals surface area (Å²) in [4.78, 5) is 21.9. The van der Waals surface area contributed by atoms with E-state index in [0.717, 1.165) is 24.3 Å². The maximum absolute atomic E-state index is 12.1. The third-order valence-corrected chi connectivity index (χ3v) is 5.30. The van der Waals surface area contributed by atoms with E-state index in [2.05, 4.69) is 10.0 Å². The average molecular weight is 428 g/mol. The third-order valence-electron chi connectivity index (χ3n) is 3.57. The Balaban J connectivity index is 1.79. The molecule has 0 aromatic heterocycles. The molecule has 0 saturated carbocycles. The van der Waals surface area contributed by atoms with Crippen LogP contribution in [0, 0.1) is 10.1 Å². The van der Waals surface area contributed by atoms with Crippen LogP contribution >= 0.6 is 11.6 Å². The van der Waals surface area contributed by atoms with Crippen molar-refractivity contribution >= 4 is 33.2 Å². The normalized spacial score (nSPS) is 12.2. The molecule has 1 unspecified atom stereocenters. The second kappa shape index (κ2) is 9.49. The quantitative estimate of drug-likeness (QED) is 0.358. The number of halogens is 1. The molecule has 0 fully saturated rings. The fourth-order valence-corrected chi connectivity index (χ4v) is 3.27. The molecule has 1 atom stereocenters. The van der Waals surface area contributed by atoms with Crippen LogP contribution < -0.4 is 14.8 Å². The Hall–Kier alpha value is -2.69. The number of hydrogen-bond donors (Lipinski definition) is 2. The largest absolute Gasteiger partial charge is 0.481 e. The van der Waals surface area contributed by atoms with Crippen molar-refractivity contribution in [3.8, 4) is 5.75 Å². The predicted molar refractivity (Wildman–Crippen MR) is 103 cm³/mol. The Kier molecular flexibility index (Phi) is 7.32. The highest BCUT2D eigenvalue weighted by Crippen LogP contribution is 2.17. The molecular formula is C17H18ClN3O6S. The first-order valence-corrected chi connectivity index (χ1v) is 9.99. The van der Waals surface area contributed by atoms with Crippen LogP contribution in [-0.2, 0) is 14.8 Å². The first kappa shape index (κ1) is 21.6. The maximum Gasteiger partial charge on any atom is 0.269 e. The molecule has 1 amide bonds. The monoisotopic (exact) mass is 427 g/mol. The summed E-state index contributed by atoms with van der Waals surface area (Å²) in [5.74, 6) is 0.0652. The number of nitrogens with one attached hydrogen (secondary N) is 2. The lowest BCUT2D eigenvalue weighted by Gasteiger charge is -2.15. The number of nitro benzene ring substituents is 1. The van der Waals surface area contributed by atoms with Gasteiger partial charge in [0.05, 0.1) is 9.82 Å². The summed E-state index contributed by atoms with van der Waals surface area (Å²) in [5.41, 5.74) is -0.208. The minimum absolute atomic E-state index is 0.0410. The molecule has 0 aliphatic carbocycles. The highest BCUT2D eigenvalue weighted by molar-refractivity contribution is 7.89. The van der Waals surface area contributed by atoms with Crippen LogP contribution in [0.3, 0.4) is 0 Å². The number of hydrogen-bond acceptors (Lipinski definition) is 6. The number of benzene rings is 2. The van der Waals surface area contributed by atoms with Crippen molar-refractivity contribution in [3.05, 3.63) is 63.7 Å².